The summed E-state index contributed by atoms with van der Waals surface area (Å²) in [4.78, 5) is 44.7. The zero-order valence-corrected chi connectivity index (χ0v) is 18.6. The van der Waals surface area contributed by atoms with Crippen LogP contribution in [0.5, 0.6) is 5.75 Å². The average Bonchev–Trinajstić information content (AvgIpc) is 3.00. The van der Waals surface area contributed by atoms with E-state index in [4.69, 9.17) is 4.74 Å². The minimum Gasteiger partial charge on any atom is -0.489 e. The number of likely N-dealkylation sites (N-methyl/N-ethyl adjacent to an activating group) is 1. The molecule has 0 radical (unpaired) electrons. The highest BCUT2D eigenvalue weighted by Crippen LogP contribution is 2.30. The molecule has 2 aromatic rings. The second-order valence-corrected chi connectivity index (χ2v) is 8.14. The molecule has 0 aliphatic carbocycles. The van der Waals surface area contributed by atoms with Crippen LogP contribution in [0.25, 0.3) is 0 Å². The van der Waals surface area contributed by atoms with Gasteiger partial charge in [-0.25, -0.2) is 4.79 Å². The second-order valence-electron chi connectivity index (χ2n) is 8.14. The van der Waals surface area contributed by atoms with Crippen molar-refractivity contribution in [2.75, 3.05) is 26.7 Å². The summed E-state index contributed by atoms with van der Waals surface area (Å²) in [6.07, 6.45) is 4.05. The van der Waals surface area contributed by atoms with Gasteiger partial charge >= 0.3 is 6.03 Å². The minimum absolute atomic E-state index is 0.310. The second kappa shape index (κ2) is 9.64. The van der Waals surface area contributed by atoms with Gasteiger partial charge in [-0.05, 0) is 61.2 Å². The van der Waals surface area contributed by atoms with E-state index >= 15 is 0 Å². The van der Waals surface area contributed by atoms with Gasteiger partial charge in [0.2, 0.25) is 5.91 Å². The van der Waals surface area contributed by atoms with Crippen LogP contribution >= 0.6 is 0 Å². The molecule has 1 unspecified atom stereocenters. The van der Waals surface area contributed by atoms with Crippen molar-refractivity contribution in [3.63, 3.8) is 0 Å². The minimum atomic E-state index is -1.25. The number of nitrogens with zero attached hydrogens (tertiary/aromatic N) is 3. The summed E-state index contributed by atoms with van der Waals surface area (Å²) in [5.41, 5.74) is 1.31. The van der Waals surface area contributed by atoms with E-state index in [-0.39, 0.29) is 12.5 Å². The lowest BCUT2D eigenvalue weighted by Crippen LogP contribution is -2.44. The molecule has 1 atom stereocenters. The van der Waals surface area contributed by atoms with E-state index in [0.29, 0.717) is 30.9 Å². The van der Waals surface area contributed by atoms with E-state index in [1.54, 1.807) is 50.6 Å². The van der Waals surface area contributed by atoms with Gasteiger partial charge in [0.1, 0.15) is 24.4 Å². The molecular formula is C24H28N4O4. The first-order valence-corrected chi connectivity index (χ1v) is 10.4. The number of amides is 4. The summed E-state index contributed by atoms with van der Waals surface area (Å²) in [5.74, 6) is -0.135. The van der Waals surface area contributed by atoms with Crippen LogP contribution in [0.15, 0.2) is 60.9 Å². The van der Waals surface area contributed by atoms with E-state index in [1.165, 1.54) is 4.90 Å². The molecule has 8 nitrogen and oxygen atoms in total. The van der Waals surface area contributed by atoms with Crippen molar-refractivity contribution >= 4 is 17.8 Å². The molecule has 8 heteroatoms. The summed E-state index contributed by atoms with van der Waals surface area (Å²) in [6, 6.07) is 10.1. The number of carbonyl (C=O) groups is 3. The number of imide groups is 1. The summed E-state index contributed by atoms with van der Waals surface area (Å²) in [5, 5.41) is 2.72. The van der Waals surface area contributed by atoms with Gasteiger partial charge in [0, 0.05) is 26.0 Å². The van der Waals surface area contributed by atoms with Crippen molar-refractivity contribution in [3.05, 3.63) is 72.1 Å². The molecule has 1 aromatic carbocycles. The smallest absolute Gasteiger partial charge is 0.325 e. The van der Waals surface area contributed by atoms with Crippen molar-refractivity contribution < 1.29 is 19.1 Å². The Labute approximate surface area is 187 Å². The van der Waals surface area contributed by atoms with Crippen LogP contribution in [0.2, 0.25) is 0 Å². The summed E-state index contributed by atoms with van der Waals surface area (Å²) < 4.78 is 5.59. The standard InChI is InChI=1S/C24H28N4O4/c1-17(2)16-32-20-7-5-19(6-8-20)24(3)22(30)28(23(31)26-24)15-21(29)27(4)14-11-18-9-12-25-13-10-18/h5-10,12-13H,1,11,14-16H2,2-4H3,(H,26,31). The molecule has 4 amide bonds. The average molecular weight is 437 g/mol. The van der Waals surface area contributed by atoms with Gasteiger partial charge in [-0.15, -0.1) is 0 Å². The number of carbonyl (C=O) groups excluding carboxylic acids is 3. The summed E-state index contributed by atoms with van der Waals surface area (Å²) in [7, 11) is 1.66. The van der Waals surface area contributed by atoms with Crippen molar-refractivity contribution in [3.8, 4) is 5.75 Å². The SMILES string of the molecule is C=C(C)COc1ccc(C2(C)NC(=O)N(CC(=O)N(C)CCc3ccncc3)C2=O)cc1. The molecular weight excluding hydrogens is 408 g/mol. The van der Waals surface area contributed by atoms with Gasteiger partial charge in [-0.3, -0.25) is 19.5 Å². The normalized spacial score (nSPS) is 17.8. The van der Waals surface area contributed by atoms with Crippen LogP contribution in [0.3, 0.4) is 0 Å². The van der Waals surface area contributed by atoms with Crippen molar-refractivity contribution in [2.45, 2.75) is 25.8 Å². The fourth-order valence-electron chi connectivity index (χ4n) is 3.35. The molecule has 1 N–H and O–H groups in total. The Bertz CT molecular complexity index is 1010. The van der Waals surface area contributed by atoms with E-state index in [1.807, 2.05) is 19.1 Å². The van der Waals surface area contributed by atoms with Gasteiger partial charge in [0.05, 0.1) is 0 Å². The highest BCUT2D eigenvalue weighted by atomic mass is 16.5. The van der Waals surface area contributed by atoms with Crippen LogP contribution in [0, 0.1) is 0 Å². The topological polar surface area (TPSA) is 91.8 Å². The van der Waals surface area contributed by atoms with Gasteiger partial charge in [0.15, 0.2) is 0 Å². The molecule has 1 saturated heterocycles. The first-order chi connectivity index (χ1) is 15.2. The maximum absolute atomic E-state index is 13.1. The van der Waals surface area contributed by atoms with Crippen LogP contribution in [-0.4, -0.2) is 59.4 Å². The number of hydrogen-bond acceptors (Lipinski definition) is 5. The zero-order valence-electron chi connectivity index (χ0n) is 18.6. The maximum Gasteiger partial charge on any atom is 0.325 e. The van der Waals surface area contributed by atoms with Crippen LogP contribution < -0.4 is 10.1 Å². The number of hydrogen-bond donors (Lipinski definition) is 1. The highest BCUT2D eigenvalue weighted by Gasteiger charge is 2.49. The number of aromatic nitrogens is 1. The molecule has 1 aliphatic heterocycles. The fourth-order valence-corrected chi connectivity index (χ4v) is 3.35. The maximum atomic E-state index is 13.1. The van der Waals surface area contributed by atoms with Gasteiger partial charge in [-0.2, -0.15) is 0 Å². The van der Waals surface area contributed by atoms with E-state index in [2.05, 4.69) is 16.9 Å². The Morgan fingerprint density at radius 1 is 1.19 bits per heavy atom. The summed E-state index contributed by atoms with van der Waals surface area (Å²) >= 11 is 0. The van der Waals surface area contributed by atoms with Crippen LogP contribution in [-0.2, 0) is 21.5 Å². The Hall–Kier alpha value is -3.68. The van der Waals surface area contributed by atoms with Crippen LogP contribution in [0.4, 0.5) is 4.79 Å². The Morgan fingerprint density at radius 2 is 1.84 bits per heavy atom. The first kappa shape index (κ1) is 23.0. The van der Waals surface area contributed by atoms with E-state index in [0.717, 1.165) is 16.0 Å². The Kier molecular flexibility index (Phi) is 6.92. The largest absolute Gasteiger partial charge is 0.489 e. The van der Waals surface area contributed by atoms with Gasteiger partial charge < -0.3 is 15.0 Å². The molecule has 3 rings (SSSR count). The first-order valence-electron chi connectivity index (χ1n) is 10.4. The van der Waals surface area contributed by atoms with Crippen molar-refractivity contribution in [1.29, 1.82) is 0 Å². The van der Waals surface area contributed by atoms with Gasteiger partial charge in [0.25, 0.3) is 5.91 Å². The summed E-state index contributed by atoms with van der Waals surface area (Å²) in [6.45, 7) is 7.85. The van der Waals surface area contributed by atoms with Crippen LogP contribution in [0.1, 0.15) is 25.0 Å². The molecule has 1 aliphatic rings. The lowest BCUT2D eigenvalue weighted by Gasteiger charge is -2.23. The molecule has 32 heavy (non-hydrogen) atoms. The van der Waals surface area contributed by atoms with Gasteiger partial charge in [-0.1, -0.05) is 18.7 Å². The quantitative estimate of drug-likeness (QED) is 0.482. The molecule has 168 valence electrons. The molecule has 0 bridgehead atoms. The molecule has 0 saturated carbocycles. The fraction of sp³-hybridized carbons (Fsp3) is 0.333. The van der Waals surface area contributed by atoms with E-state index < -0.39 is 17.5 Å². The monoisotopic (exact) mass is 436 g/mol. The third-order valence-corrected chi connectivity index (χ3v) is 5.40. The molecule has 0 spiro atoms. The third kappa shape index (κ3) is 5.14. The third-order valence-electron chi connectivity index (χ3n) is 5.40. The number of ether oxygens (including phenoxy) is 1. The Balaban J connectivity index is 1.63. The number of urea groups is 1. The number of nitrogens with one attached hydrogen (secondary N) is 1. The number of benzene rings is 1. The lowest BCUT2D eigenvalue weighted by molar-refractivity contribution is -0.138. The number of pyridine rings is 1. The zero-order chi connectivity index (χ0) is 23.3. The lowest BCUT2D eigenvalue weighted by atomic mass is 9.92. The predicted molar refractivity (Wildman–Crippen MR) is 120 cm³/mol. The number of rotatable bonds is 9. The van der Waals surface area contributed by atoms with E-state index in [9.17, 15) is 14.4 Å². The van der Waals surface area contributed by atoms with Crippen molar-refractivity contribution in [1.82, 2.24) is 20.1 Å². The Morgan fingerprint density at radius 3 is 2.47 bits per heavy atom. The molecule has 2 heterocycles. The van der Waals surface area contributed by atoms with Crippen molar-refractivity contribution in [2.24, 2.45) is 0 Å². The highest BCUT2D eigenvalue weighted by molar-refractivity contribution is 6.09. The predicted octanol–water partition coefficient (Wildman–Crippen LogP) is 2.50. The molecule has 1 aromatic heterocycles. The molecule has 1 fully saturated rings.